The van der Waals surface area contributed by atoms with Gasteiger partial charge in [-0.05, 0) is 6.92 Å². The summed E-state index contributed by atoms with van der Waals surface area (Å²) in [5, 5.41) is 15.9. The fraction of sp³-hybridized carbons (Fsp3) is 0.231. The van der Waals surface area contributed by atoms with Gasteiger partial charge in [-0.25, -0.2) is 4.79 Å². The van der Waals surface area contributed by atoms with Crippen LogP contribution in [-0.2, 0) is 0 Å². The van der Waals surface area contributed by atoms with Crippen LogP contribution in [0.5, 0.6) is 0 Å². The quantitative estimate of drug-likeness (QED) is 0.782. The van der Waals surface area contributed by atoms with Crippen molar-refractivity contribution in [2.45, 2.75) is 13.0 Å². The van der Waals surface area contributed by atoms with Crippen LogP contribution in [-0.4, -0.2) is 28.8 Å². The number of aromatic carboxylic acids is 1. The maximum absolute atomic E-state index is 11.4. The molecule has 20 heavy (non-hydrogen) atoms. The number of nitrogens with two attached hydrogens (primary N) is 1. The number of benzene rings is 1. The molecule has 2 rings (SSSR count). The van der Waals surface area contributed by atoms with E-state index in [1.165, 1.54) is 0 Å². The molecule has 0 amide bonds. The zero-order valence-corrected chi connectivity index (χ0v) is 11.7. The summed E-state index contributed by atoms with van der Waals surface area (Å²) in [7, 11) is 0. The molecule has 0 fully saturated rings. The molecule has 108 valence electrons. The average Bonchev–Trinajstić information content (AvgIpc) is 2.81. The third-order valence-electron chi connectivity index (χ3n) is 2.53. The molecule has 0 spiro atoms. The molecule has 0 saturated heterocycles. The van der Waals surface area contributed by atoms with Gasteiger partial charge in [0.1, 0.15) is 0 Å². The first-order valence-corrected chi connectivity index (χ1v) is 5.87. The Morgan fingerprint density at radius 3 is 2.65 bits per heavy atom. The molecule has 1 aromatic heterocycles. The van der Waals surface area contributed by atoms with Gasteiger partial charge in [-0.2, -0.15) is 0 Å². The molecule has 7 heteroatoms. The highest BCUT2D eigenvalue weighted by Gasteiger charge is 2.23. The Labute approximate surface area is 122 Å². The van der Waals surface area contributed by atoms with Crippen molar-refractivity contribution in [1.82, 2.24) is 5.16 Å². The van der Waals surface area contributed by atoms with Gasteiger partial charge in [0, 0.05) is 18.2 Å². The molecule has 0 bridgehead atoms. The van der Waals surface area contributed by atoms with Gasteiger partial charge >= 0.3 is 5.97 Å². The van der Waals surface area contributed by atoms with Gasteiger partial charge in [0.25, 0.3) is 0 Å². The summed E-state index contributed by atoms with van der Waals surface area (Å²) in [4.78, 5) is 11.4. The van der Waals surface area contributed by atoms with Gasteiger partial charge in [0.2, 0.25) is 0 Å². The second-order valence-corrected chi connectivity index (χ2v) is 4.26. The molecule has 6 nitrogen and oxygen atoms in total. The number of carbonyl (C=O) groups is 1. The standard InChI is InChI=1S/C13H15N3O3.ClH/c1-8(14)7-15-12-10(13(17)18)11(19-16-12)9-5-3-2-4-6-9;/h2-6,8H,7,14H2,1H3,(H,15,16)(H,17,18);1H/t8-;/m0./s1. The molecule has 0 radical (unpaired) electrons. The van der Waals surface area contributed by atoms with Gasteiger partial charge in [-0.15, -0.1) is 12.4 Å². The number of hydrogen-bond acceptors (Lipinski definition) is 5. The van der Waals surface area contributed by atoms with Crippen LogP contribution in [0.3, 0.4) is 0 Å². The fourth-order valence-electron chi connectivity index (χ4n) is 1.65. The Morgan fingerprint density at radius 1 is 1.45 bits per heavy atom. The summed E-state index contributed by atoms with van der Waals surface area (Å²) in [6.45, 7) is 2.23. The normalized spacial score (nSPS) is 11.5. The molecular weight excluding hydrogens is 282 g/mol. The van der Waals surface area contributed by atoms with Crippen molar-refractivity contribution >= 4 is 24.2 Å². The molecule has 0 saturated carbocycles. The molecule has 0 aliphatic carbocycles. The second-order valence-electron chi connectivity index (χ2n) is 4.26. The van der Waals surface area contributed by atoms with Crippen LogP contribution in [0.25, 0.3) is 11.3 Å². The summed E-state index contributed by atoms with van der Waals surface area (Å²) >= 11 is 0. The SMILES string of the molecule is C[C@H](N)CNc1noc(-c2ccccc2)c1C(=O)O.Cl. The first-order chi connectivity index (χ1) is 9.09. The number of carboxylic acids is 1. The molecule has 2 aromatic rings. The summed E-state index contributed by atoms with van der Waals surface area (Å²) in [6.07, 6.45) is 0. The van der Waals surface area contributed by atoms with Crippen LogP contribution in [0.15, 0.2) is 34.9 Å². The minimum absolute atomic E-state index is 0. The fourth-order valence-corrected chi connectivity index (χ4v) is 1.65. The van der Waals surface area contributed by atoms with Crippen LogP contribution in [0, 0.1) is 0 Å². The van der Waals surface area contributed by atoms with Crippen molar-refractivity contribution in [2.24, 2.45) is 5.73 Å². The van der Waals surface area contributed by atoms with E-state index in [1.807, 2.05) is 13.0 Å². The van der Waals surface area contributed by atoms with Gasteiger partial charge in [0.05, 0.1) is 0 Å². The number of carboxylic acid groups (broad SMARTS) is 1. The highest BCUT2D eigenvalue weighted by molar-refractivity contribution is 5.99. The number of nitrogens with zero attached hydrogens (tertiary/aromatic N) is 1. The number of halogens is 1. The number of rotatable bonds is 5. The maximum atomic E-state index is 11.4. The van der Waals surface area contributed by atoms with Crippen molar-refractivity contribution < 1.29 is 14.4 Å². The Kier molecular flexibility index (Phi) is 5.54. The molecule has 0 unspecified atom stereocenters. The van der Waals surface area contributed by atoms with Crippen LogP contribution < -0.4 is 11.1 Å². The average molecular weight is 298 g/mol. The van der Waals surface area contributed by atoms with Crippen molar-refractivity contribution in [1.29, 1.82) is 0 Å². The van der Waals surface area contributed by atoms with Crippen LogP contribution in [0.4, 0.5) is 5.82 Å². The Morgan fingerprint density at radius 2 is 2.10 bits per heavy atom. The lowest BCUT2D eigenvalue weighted by Gasteiger charge is -2.06. The van der Waals surface area contributed by atoms with Gasteiger partial charge < -0.3 is 20.7 Å². The van der Waals surface area contributed by atoms with Gasteiger partial charge in [-0.1, -0.05) is 35.5 Å². The Balaban J connectivity index is 0.00000200. The summed E-state index contributed by atoms with van der Waals surface area (Å²) in [6, 6.07) is 8.87. The van der Waals surface area contributed by atoms with E-state index in [1.54, 1.807) is 24.3 Å². The predicted octanol–water partition coefficient (Wildman–Crippen LogP) is 2.22. The zero-order chi connectivity index (χ0) is 13.8. The molecule has 1 aromatic carbocycles. The minimum atomic E-state index is -1.09. The van der Waals surface area contributed by atoms with E-state index in [0.717, 1.165) is 0 Å². The zero-order valence-electron chi connectivity index (χ0n) is 10.9. The van der Waals surface area contributed by atoms with Crippen molar-refractivity contribution in [2.75, 3.05) is 11.9 Å². The lowest BCUT2D eigenvalue weighted by atomic mass is 10.1. The van der Waals surface area contributed by atoms with Crippen molar-refractivity contribution in [3.8, 4) is 11.3 Å². The number of anilines is 1. The second kappa shape index (κ2) is 6.93. The smallest absolute Gasteiger partial charge is 0.343 e. The Bertz CT molecular complexity index is 569. The molecular formula is C13H16ClN3O3. The third kappa shape index (κ3) is 3.49. The van der Waals surface area contributed by atoms with E-state index in [-0.39, 0.29) is 35.6 Å². The topological polar surface area (TPSA) is 101 Å². The highest BCUT2D eigenvalue weighted by atomic mass is 35.5. The molecule has 4 N–H and O–H groups in total. The predicted molar refractivity (Wildman–Crippen MR) is 78.3 cm³/mol. The molecule has 0 aliphatic heterocycles. The van der Waals surface area contributed by atoms with Crippen molar-refractivity contribution in [3.63, 3.8) is 0 Å². The van der Waals surface area contributed by atoms with E-state index in [0.29, 0.717) is 12.1 Å². The first-order valence-electron chi connectivity index (χ1n) is 5.87. The van der Waals surface area contributed by atoms with E-state index in [2.05, 4.69) is 10.5 Å². The van der Waals surface area contributed by atoms with E-state index < -0.39 is 5.97 Å². The molecule has 0 aliphatic rings. The van der Waals surface area contributed by atoms with E-state index in [9.17, 15) is 9.90 Å². The number of hydrogen-bond donors (Lipinski definition) is 3. The van der Waals surface area contributed by atoms with Gasteiger partial charge in [0.15, 0.2) is 17.1 Å². The number of aromatic nitrogens is 1. The van der Waals surface area contributed by atoms with Crippen LogP contribution >= 0.6 is 12.4 Å². The van der Waals surface area contributed by atoms with E-state index in [4.69, 9.17) is 10.3 Å². The summed E-state index contributed by atoms with van der Waals surface area (Å²) < 4.78 is 5.14. The highest BCUT2D eigenvalue weighted by Crippen LogP contribution is 2.29. The van der Waals surface area contributed by atoms with E-state index >= 15 is 0 Å². The lowest BCUT2D eigenvalue weighted by molar-refractivity contribution is 0.0698. The molecule has 1 atom stereocenters. The third-order valence-corrected chi connectivity index (χ3v) is 2.53. The first kappa shape index (κ1) is 16.0. The van der Waals surface area contributed by atoms with Gasteiger partial charge in [-0.3, -0.25) is 0 Å². The summed E-state index contributed by atoms with van der Waals surface area (Å²) in [5.74, 6) is -0.656. The lowest BCUT2D eigenvalue weighted by Crippen LogP contribution is -2.25. The minimum Gasteiger partial charge on any atom is -0.477 e. The van der Waals surface area contributed by atoms with Crippen molar-refractivity contribution in [3.05, 3.63) is 35.9 Å². The largest absolute Gasteiger partial charge is 0.477 e. The van der Waals surface area contributed by atoms with Crippen LogP contribution in [0.1, 0.15) is 17.3 Å². The maximum Gasteiger partial charge on any atom is 0.343 e. The monoisotopic (exact) mass is 297 g/mol. The molecule has 1 heterocycles. The summed E-state index contributed by atoms with van der Waals surface area (Å²) in [5.41, 5.74) is 6.30. The Hall–Kier alpha value is -2.05. The van der Waals surface area contributed by atoms with Crippen LogP contribution in [0.2, 0.25) is 0 Å². The number of nitrogens with one attached hydrogen (secondary N) is 1.